The Morgan fingerprint density at radius 1 is 1.23 bits per heavy atom. The monoisotopic (exact) mass is 549 g/mol. The van der Waals surface area contributed by atoms with Crippen LogP contribution in [0.3, 0.4) is 0 Å². The standard InChI is InChI=1S/C22H33F2N5O.HI/c1-25-21(27-15-22(9-4-5-10-22)20(30)28(2)3)26-13-16-8-11-29(14-16)17-6-7-18(23)19(24)12-17;/h6-7,12,16H,4-5,8-11,13-15H2,1-3H3,(H2,25,26,27);1H. The van der Waals surface area contributed by atoms with Crippen molar-refractivity contribution in [3.05, 3.63) is 29.8 Å². The first-order valence-electron chi connectivity index (χ1n) is 10.7. The van der Waals surface area contributed by atoms with Gasteiger partial charge in [0, 0.05) is 59.1 Å². The fourth-order valence-corrected chi connectivity index (χ4v) is 4.62. The maximum atomic E-state index is 13.5. The van der Waals surface area contributed by atoms with Crippen molar-refractivity contribution in [3.63, 3.8) is 0 Å². The zero-order valence-corrected chi connectivity index (χ0v) is 20.9. The highest BCUT2D eigenvalue weighted by atomic mass is 127. The fraction of sp³-hybridized carbons (Fsp3) is 0.636. The number of nitrogens with zero attached hydrogens (tertiary/aromatic N) is 3. The molecule has 174 valence electrons. The van der Waals surface area contributed by atoms with Crippen molar-refractivity contribution >= 4 is 41.5 Å². The highest BCUT2D eigenvalue weighted by Gasteiger charge is 2.42. The maximum absolute atomic E-state index is 13.5. The molecule has 0 aromatic heterocycles. The minimum atomic E-state index is -0.821. The van der Waals surface area contributed by atoms with Crippen molar-refractivity contribution in [2.24, 2.45) is 16.3 Å². The molecule has 1 aliphatic heterocycles. The molecule has 6 nitrogen and oxygen atoms in total. The second-order valence-electron chi connectivity index (χ2n) is 8.69. The number of aliphatic imine (C=N–C) groups is 1. The van der Waals surface area contributed by atoms with Crippen LogP contribution >= 0.6 is 24.0 Å². The first-order valence-corrected chi connectivity index (χ1v) is 10.7. The lowest BCUT2D eigenvalue weighted by molar-refractivity contribution is -0.138. The van der Waals surface area contributed by atoms with Crippen molar-refractivity contribution in [2.45, 2.75) is 32.1 Å². The van der Waals surface area contributed by atoms with Crippen LogP contribution in [-0.4, -0.2) is 64.1 Å². The minimum absolute atomic E-state index is 0. The molecule has 1 aromatic rings. The van der Waals surface area contributed by atoms with Crippen LogP contribution in [0.2, 0.25) is 0 Å². The number of amides is 1. The third kappa shape index (κ3) is 6.20. The maximum Gasteiger partial charge on any atom is 0.230 e. The van der Waals surface area contributed by atoms with Gasteiger partial charge in [-0.25, -0.2) is 8.78 Å². The van der Waals surface area contributed by atoms with Gasteiger partial charge in [0.05, 0.1) is 5.41 Å². The molecule has 2 fully saturated rings. The molecule has 3 rings (SSSR count). The van der Waals surface area contributed by atoms with Crippen molar-refractivity contribution in [3.8, 4) is 0 Å². The number of anilines is 1. The minimum Gasteiger partial charge on any atom is -0.371 e. The normalized spacial score (nSPS) is 20.4. The molecule has 1 saturated carbocycles. The Morgan fingerprint density at radius 2 is 1.94 bits per heavy atom. The lowest BCUT2D eigenvalue weighted by atomic mass is 9.84. The van der Waals surface area contributed by atoms with Crippen LogP contribution < -0.4 is 15.5 Å². The lowest BCUT2D eigenvalue weighted by Crippen LogP contribution is -2.49. The summed E-state index contributed by atoms with van der Waals surface area (Å²) in [5.74, 6) is -0.383. The van der Waals surface area contributed by atoms with Crippen LogP contribution in [-0.2, 0) is 4.79 Å². The molecule has 1 amide bonds. The number of hydrogen-bond donors (Lipinski definition) is 2. The van der Waals surface area contributed by atoms with Crippen LogP contribution in [0.5, 0.6) is 0 Å². The molecule has 1 heterocycles. The van der Waals surface area contributed by atoms with Gasteiger partial charge < -0.3 is 20.4 Å². The second kappa shape index (κ2) is 11.3. The Bertz CT molecular complexity index is 783. The van der Waals surface area contributed by atoms with E-state index in [0.717, 1.165) is 51.7 Å². The van der Waals surface area contributed by atoms with E-state index in [4.69, 9.17) is 0 Å². The summed E-state index contributed by atoms with van der Waals surface area (Å²) in [5, 5.41) is 6.72. The highest BCUT2D eigenvalue weighted by molar-refractivity contribution is 14.0. The third-order valence-electron chi connectivity index (χ3n) is 6.35. The summed E-state index contributed by atoms with van der Waals surface area (Å²) in [6, 6.07) is 4.06. The number of halogens is 3. The van der Waals surface area contributed by atoms with Gasteiger partial charge in [-0.05, 0) is 37.3 Å². The molecule has 31 heavy (non-hydrogen) atoms. The number of rotatable bonds is 6. The van der Waals surface area contributed by atoms with Gasteiger partial charge in [-0.1, -0.05) is 12.8 Å². The summed E-state index contributed by atoms with van der Waals surface area (Å²) in [6.45, 7) is 2.89. The van der Waals surface area contributed by atoms with E-state index in [1.165, 1.54) is 12.1 Å². The van der Waals surface area contributed by atoms with E-state index in [0.29, 0.717) is 24.1 Å². The summed E-state index contributed by atoms with van der Waals surface area (Å²) in [5.41, 5.74) is 0.363. The predicted octanol–water partition coefficient (Wildman–Crippen LogP) is 3.22. The van der Waals surface area contributed by atoms with Gasteiger partial charge in [-0.3, -0.25) is 9.79 Å². The van der Waals surface area contributed by atoms with E-state index in [1.807, 2.05) is 14.1 Å². The Kier molecular flexibility index (Phi) is 9.32. The van der Waals surface area contributed by atoms with E-state index in [1.54, 1.807) is 18.0 Å². The summed E-state index contributed by atoms with van der Waals surface area (Å²) < 4.78 is 26.7. The Hall–Kier alpha value is -1.65. The molecule has 0 spiro atoms. The number of nitrogens with one attached hydrogen (secondary N) is 2. The first kappa shape index (κ1) is 25.6. The highest BCUT2D eigenvalue weighted by Crippen LogP contribution is 2.38. The lowest BCUT2D eigenvalue weighted by Gasteiger charge is -2.31. The molecular formula is C22H34F2IN5O. The summed E-state index contributed by atoms with van der Waals surface area (Å²) >= 11 is 0. The topological polar surface area (TPSA) is 60.0 Å². The molecule has 0 bridgehead atoms. The molecule has 9 heteroatoms. The van der Waals surface area contributed by atoms with Gasteiger partial charge in [0.25, 0.3) is 0 Å². The first-order chi connectivity index (χ1) is 14.3. The van der Waals surface area contributed by atoms with Gasteiger partial charge in [-0.15, -0.1) is 24.0 Å². The Morgan fingerprint density at radius 3 is 2.55 bits per heavy atom. The molecule has 1 aliphatic carbocycles. The van der Waals surface area contributed by atoms with Crippen LogP contribution in [0.1, 0.15) is 32.1 Å². The smallest absolute Gasteiger partial charge is 0.230 e. The van der Waals surface area contributed by atoms with E-state index in [2.05, 4.69) is 20.5 Å². The van der Waals surface area contributed by atoms with Crippen LogP contribution in [0.25, 0.3) is 0 Å². The molecular weight excluding hydrogens is 515 g/mol. The molecule has 1 unspecified atom stereocenters. The van der Waals surface area contributed by atoms with E-state index in [-0.39, 0.29) is 35.3 Å². The van der Waals surface area contributed by atoms with E-state index < -0.39 is 11.6 Å². The van der Waals surface area contributed by atoms with Gasteiger partial charge in [-0.2, -0.15) is 0 Å². The fourth-order valence-electron chi connectivity index (χ4n) is 4.62. The van der Waals surface area contributed by atoms with Crippen LogP contribution in [0.15, 0.2) is 23.2 Å². The zero-order valence-electron chi connectivity index (χ0n) is 18.6. The zero-order chi connectivity index (χ0) is 21.7. The van der Waals surface area contributed by atoms with Gasteiger partial charge in [0.15, 0.2) is 17.6 Å². The van der Waals surface area contributed by atoms with E-state index >= 15 is 0 Å². The SMILES string of the molecule is CN=C(NCC1CCN(c2ccc(F)c(F)c2)C1)NCC1(C(=O)N(C)C)CCCC1.I. The quantitative estimate of drug-likeness (QED) is 0.325. The van der Waals surface area contributed by atoms with Gasteiger partial charge in [0.1, 0.15) is 0 Å². The van der Waals surface area contributed by atoms with Crippen molar-refractivity contribution in [1.29, 1.82) is 0 Å². The summed E-state index contributed by atoms with van der Waals surface area (Å²) in [6.07, 6.45) is 4.93. The van der Waals surface area contributed by atoms with E-state index in [9.17, 15) is 13.6 Å². The number of carbonyl (C=O) groups excluding carboxylic acids is 1. The van der Waals surface area contributed by atoms with Crippen LogP contribution in [0, 0.1) is 23.0 Å². The molecule has 1 atom stereocenters. The Balaban J connectivity index is 0.00000341. The van der Waals surface area contributed by atoms with Crippen molar-refractivity contribution < 1.29 is 13.6 Å². The average Bonchev–Trinajstić information content (AvgIpc) is 3.40. The number of carbonyl (C=O) groups is 1. The summed E-state index contributed by atoms with van der Waals surface area (Å²) in [4.78, 5) is 20.8. The number of benzene rings is 1. The number of guanidine groups is 1. The molecule has 1 saturated heterocycles. The molecule has 2 aliphatic rings. The summed E-state index contributed by atoms with van der Waals surface area (Å²) in [7, 11) is 5.36. The Labute approximate surface area is 200 Å². The van der Waals surface area contributed by atoms with Gasteiger partial charge in [0.2, 0.25) is 5.91 Å². The molecule has 2 N–H and O–H groups in total. The van der Waals surface area contributed by atoms with Crippen molar-refractivity contribution in [1.82, 2.24) is 15.5 Å². The van der Waals surface area contributed by atoms with Crippen molar-refractivity contribution in [2.75, 3.05) is 52.2 Å². The average molecular weight is 549 g/mol. The largest absolute Gasteiger partial charge is 0.371 e. The molecule has 1 aromatic carbocycles. The number of hydrogen-bond acceptors (Lipinski definition) is 3. The third-order valence-corrected chi connectivity index (χ3v) is 6.35. The van der Waals surface area contributed by atoms with Crippen LogP contribution in [0.4, 0.5) is 14.5 Å². The van der Waals surface area contributed by atoms with Gasteiger partial charge >= 0.3 is 0 Å². The second-order valence-corrected chi connectivity index (χ2v) is 8.69. The molecule has 0 radical (unpaired) electrons. The predicted molar refractivity (Wildman–Crippen MR) is 131 cm³/mol.